The van der Waals surface area contributed by atoms with Crippen molar-refractivity contribution in [2.45, 2.75) is 19.8 Å². The number of nitrogens with zero attached hydrogens (tertiary/aromatic N) is 1. The van der Waals surface area contributed by atoms with Crippen LogP contribution in [0.15, 0.2) is 36.4 Å². The third kappa shape index (κ3) is 3.27. The van der Waals surface area contributed by atoms with Gasteiger partial charge in [0.25, 0.3) is 0 Å². The minimum atomic E-state index is -0.298. The Hall–Kier alpha value is -2.07. The molecule has 0 spiro atoms. The lowest BCUT2D eigenvalue weighted by Gasteiger charge is -2.14. The fraction of sp³-hybridized carbons (Fsp3) is 0.200. The molecule has 2 rings (SSSR count). The third-order valence-electron chi connectivity index (χ3n) is 3.11. The summed E-state index contributed by atoms with van der Waals surface area (Å²) in [5.74, 6) is -0.406. The summed E-state index contributed by atoms with van der Waals surface area (Å²) in [6, 6.07) is 10.7. The zero-order valence-corrected chi connectivity index (χ0v) is 12.1. The van der Waals surface area contributed by atoms with Crippen LogP contribution in [0, 0.1) is 6.92 Å². The molecular weight excluding hydrogens is 274 g/mol. The van der Waals surface area contributed by atoms with Gasteiger partial charge in [0.15, 0.2) is 0 Å². The van der Waals surface area contributed by atoms with Crippen LogP contribution in [0.2, 0.25) is 5.15 Å². The van der Waals surface area contributed by atoms with Gasteiger partial charge in [-0.05, 0) is 43.7 Å². The minimum absolute atomic E-state index is 0.108. The first-order valence-corrected chi connectivity index (χ1v) is 6.64. The lowest BCUT2D eigenvalue weighted by Crippen LogP contribution is -2.19. The van der Waals surface area contributed by atoms with Crippen molar-refractivity contribution in [1.29, 1.82) is 0 Å². The Labute approximate surface area is 123 Å². The summed E-state index contributed by atoms with van der Waals surface area (Å²) in [5.41, 5.74) is 8.60. The van der Waals surface area contributed by atoms with Crippen LogP contribution in [-0.4, -0.2) is 10.9 Å². The molecule has 0 aliphatic carbocycles. The second-order valence-electron chi connectivity index (χ2n) is 4.65. The number of rotatable bonds is 3. The van der Waals surface area contributed by atoms with E-state index in [-0.39, 0.29) is 11.8 Å². The monoisotopic (exact) mass is 289 g/mol. The van der Waals surface area contributed by atoms with Crippen molar-refractivity contribution in [2.24, 2.45) is 0 Å². The van der Waals surface area contributed by atoms with Gasteiger partial charge in [-0.15, -0.1) is 0 Å². The van der Waals surface area contributed by atoms with E-state index in [2.05, 4.69) is 10.3 Å². The molecule has 5 heteroatoms. The van der Waals surface area contributed by atoms with Crippen LogP contribution in [0.4, 0.5) is 11.4 Å². The van der Waals surface area contributed by atoms with Gasteiger partial charge in [0, 0.05) is 5.69 Å². The van der Waals surface area contributed by atoms with Crippen LogP contribution in [0.3, 0.4) is 0 Å². The summed E-state index contributed by atoms with van der Waals surface area (Å²) < 4.78 is 0. The van der Waals surface area contributed by atoms with Gasteiger partial charge in [-0.2, -0.15) is 0 Å². The molecule has 0 bridgehead atoms. The van der Waals surface area contributed by atoms with Gasteiger partial charge in [0.2, 0.25) is 5.91 Å². The van der Waals surface area contributed by atoms with E-state index >= 15 is 0 Å². The molecule has 0 fully saturated rings. The van der Waals surface area contributed by atoms with Gasteiger partial charge < -0.3 is 11.1 Å². The van der Waals surface area contributed by atoms with Gasteiger partial charge in [0.1, 0.15) is 5.15 Å². The summed E-state index contributed by atoms with van der Waals surface area (Å²) >= 11 is 5.79. The van der Waals surface area contributed by atoms with Crippen molar-refractivity contribution in [3.63, 3.8) is 0 Å². The summed E-state index contributed by atoms with van der Waals surface area (Å²) in [4.78, 5) is 16.4. The molecular formula is C15H16ClN3O. The predicted molar refractivity (Wildman–Crippen MR) is 81.9 cm³/mol. The Morgan fingerprint density at radius 3 is 2.75 bits per heavy atom. The number of benzene rings is 1. The van der Waals surface area contributed by atoms with E-state index in [1.807, 2.05) is 19.1 Å². The molecule has 20 heavy (non-hydrogen) atoms. The second kappa shape index (κ2) is 5.92. The molecule has 1 amide bonds. The standard InChI is InChI=1S/C15H16ClN3O/c1-9(11-4-3-5-12(17)8-11)15(20)19-13-6-7-14(16)18-10(13)2/h3-9H,17H2,1-2H3,(H,19,20). The Kier molecular flexibility index (Phi) is 4.25. The average molecular weight is 290 g/mol. The topological polar surface area (TPSA) is 68.0 Å². The molecule has 0 radical (unpaired) electrons. The van der Waals surface area contributed by atoms with Crippen molar-refractivity contribution >= 4 is 28.9 Å². The first kappa shape index (κ1) is 14.3. The lowest BCUT2D eigenvalue weighted by atomic mass is 10.00. The van der Waals surface area contributed by atoms with Gasteiger partial charge in [-0.25, -0.2) is 4.98 Å². The zero-order chi connectivity index (χ0) is 14.7. The number of nitrogens with one attached hydrogen (secondary N) is 1. The fourth-order valence-corrected chi connectivity index (χ4v) is 2.07. The third-order valence-corrected chi connectivity index (χ3v) is 3.32. The Bertz CT molecular complexity index is 643. The molecule has 0 aliphatic rings. The maximum atomic E-state index is 12.2. The fourth-order valence-electron chi connectivity index (χ4n) is 1.88. The van der Waals surface area contributed by atoms with Crippen molar-refractivity contribution in [1.82, 2.24) is 4.98 Å². The molecule has 0 saturated carbocycles. The first-order valence-electron chi connectivity index (χ1n) is 6.27. The quantitative estimate of drug-likeness (QED) is 0.672. The number of aryl methyl sites for hydroxylation is 1. The van der Waals surface area contributed by atoms with Crippen LogP contribution < -0.4 is 11.1 Å². The van der Waals surface area contributed by atoms with Crippen LogP contribution >= 0.6 is 11.6 Å². The van der Waals surface area contributed by atoms with Crippen molar-refractivity contribution in [3.05, 3.63) is 52.8 Å². The van der Waals surface area contributed by atoms with Gasteiger partial charge >= 0.3 is 0 Å². The Morgan fingerprint density at radius 1 is 1.35 bits per heavy atom. The number of hydrogen-bond donors (Lipinski definition) is 2. The van der Waals surface area contributed by atoms with Gasteiger partial charge in [-0.3, -0.25) is 4.79 Å². The normalized spacial score (nSPS) is 11.9. The van der Waals surface area contributed by atoms with Crippen LogP contribution in [0.1, 0.15) is 24.1 Å². The number of halogens is 1. The predicted octanol–water partition coefficient (Wildman–Crippen LogP) is 3.37. The van der Waals surface area contributed by atoms with E-state index in [9.17, 15) is 4.79 Å². The highest BCUT2D eigenvalue weighted by Crippen LogP contribution is 2.21. The second-order valence-corrected chi connectivity index (χ2v) is 5.04. The largest absolute Gasteiger partial charge is 0.399 e. The summed E-state index contributed by atoms with van der Waals surface area (Å²) in [5, 5.41) is 3.26. The van der Waals surface area contributed by atoms with E-state index in [1.165, 1.54) is 0 Å². The van der Waals surface area contributed by atoms with E-state index in [4.69, 9.17) is 17.3 Å². The first-order chi connectivity index (χ1) is 9.47. The number of anilines is 2. The number of carbonyl (C=O) groups excluding carboxylic acids is 1. The van der Waals surface area contributed by atoms with E-state index in [0.717, 1.165) is 5.56 Å². The number of amides is 1. The number of nitrogen functional groups attached to an aromatic ring is 1. The smallest absolute Gasteiger partial charge is 0.231 e. The average Bonchev–Trinajstić information content (AvgIpc) is 2.41. The molecule has 1 unspecified atom stereocenters. The lowest BCUT2D eigenvalue weighted by molar-refractivity contribution is -0.117. The Morgan fingerprint density at radius 2 is 2.10 bits per heavy atom. The highest BCUT2D eigenvalue weighted by molar-refractivity contribution is 6.29. The highest BCUT2D eigenvalue weighted by atomic mass is 35.5. The van der Waals surface area contributed by atoms with Crippen LogP contribution in [0.5, 0.6) is 0 Å². The molecule has 0 aliphatic heterocycles. The molecule has 1 atom stereocenters. The molecule has 1 aromatic heterocycles. The minimum Gasteiger partial charge on any atom is -0.399 e. The number of aromatic nitrogens is 1. The van der Waals surface area contributed by atoms with Gasteiger partial charge in [-0.1, -0.05) is 23.7 Å². The maximum Gasteiger partial charge on any atom is 0.231 e. The van der Waals surface area contributed by atoms with E-state index in [0.29, 0.717) is 22.2 Å². The SMILES string of the molecule is Cc1nc(Cl)ccc1NC(=O)C(C)c1cccc(N)c1. The molecule has 3 N–H and O–H groups in total. The molecule has 1 aromatic carbocycles. The number of nitrogens with two attached hydrogens (primary N) is 1. The molecule has 2 aromatic rings. The molecule has 1 heterocycles. The van der Waals surface area contributed by atoms with E-state index in [1.54, 1.807) is 31.2 Å². The van der Waals surface area contributed by atoms with Crippen molar-refractivity contribution in [3.8, 4) is 0 Å². The summed E-state index contributed by atoms with van der Waals surface area (Å²) in [6.07, 6.45) is 0. The number of pyridine rings is 1. The maximum absolute atomic E-state index is 12.2. The summed E-state index contributed by atoms with van der Waals surface area (Å²) in [6.45, 7) is 3.63. The Balaban J connectivity index is 2.15. The number of carbonyl (C=O) groups is 1. The zero-order valence-electron chi connectivity index (χ0n) is 11.4. The van der Waals surface area contributed by atoms with E-state index < -0.39 is 0 Å². The van der Waals surface area contributed by atoms with Crippen LogP contribution in [-0.2, 0) is 4.79 Å². The molecule has 4 nitrogen and oxygen atoms in total. The number of hydrogen-bond acceptors (Lipinski definition) is 3. The van der Waals surface area contributed by atoms with Crippen LogP contribution in [0.25, 0.3) is 0 Å². The highest BCUT2D eigenvalue weighted by Gasteiger charge is 2.16. The van der Waals surface area contributed by atoms with Gasteiger partial charge in [0.05, 0.1) is 17.3 Å². The van der Waals surface area contributed by atoms with Crippen molar-refractivity contribution in [2.75, 3.05) is 11.1 Å². The van der Waals surface area contributed by atoms with Crippen molar-refractivity contribution < 1.29 is 4.79 Å². The summed E-state index contributed by atoms with van der Waals surface area (Å²) in [7, 11) is 0. The molecule has 104 valence electrons. The molecule has 0 saturated heterocycles.